The number of benzene rings is 2. The molecule has 29 heavy (non-hydrogen) atoms. The largest absolute Gasteiger partial charge is 0.493 e. The molecular weight excluding hydrogens is 384 g/mol. The molecule has 0 saturated heterocycles. The van der Waals surface area contributed by atoms with Gasteiger partial charge in [0.2, 0.25) is 11.7 Å². The van der Waals surface area contributed by atoms with Crippen LogP contribution in [0.5, 0.6) is 23.0 Å². The number of hydrogen-bond acceptors (Lipinski definition) is 5. The van der Waals surface area contributed by atoms with Crippen molar-refractivity contribution in [2.75, 3.05) is 21.3 Å². The first-order valence-corrected chi connectivity index (χ1v) is 8.71. The fourth-order valence-electron chi connectivity index (χ4n) is 2.65. The smallest absolute Gasteiger partial charge is 0.387 e. The van der Waals surface area contributed by atoms with E-state index in [-0.39, 0.29) is 17.7 Å². The van der Waals surface area contributed by atoms with Crippen LogP contribution in [0.15, 0.2) is 42.5 Å². The Balaban J connectivity index is 2.05. The molecule has 2 aromatic carbocycles. The van der Waals surface area contributed by atoms with Gasteiger partial charge >= 0.3 is 6.61 Å². The Kier molecular flexibility index (Phi) is 7.82. The molecule has 1 amide bonds. The number of carbonyl (C=O) groups excluding carboxylic acids is 1. The third kappa shape index (κ3) is 6.10. The zero-order valence-corrected chi connectivity index (χ0v) is 16.6. The molecule has 0 saturated carbocycles. The Morgan fingerprint density at radius 2 is 1.59 bits per heavy atom. The van der Waals surface area contributed by atoms with Crippen LogP contribution in [0.1, 0.15) is 24.1 Å². The van der Waals surface area contributed by atoms with E-state index in [2.05, 4.69) is 10.1 Å². The van der Waals surface area contributed by atoms with Crippen molar-refractivity contribution >= 4 is 12.0 Å². The van der Waals surface area contributed by atoms with E-state index in [1.54, 1.807) is 37.3 Å². The van der Waals surface area contributed by atoms with Crippen molar-refractivity contribution in [3.63, 3.8) is 0 Å². The molecule has 0 radical (unpaired) electrons. The van der Waals surface area contributed by atoms with Crippen molar-refractivity contribution in [1.82, 2.24) is 5.32 Å². The minimum Gasteiger partial charge on any atom is -0.493 e. The predicted molar refractivity (Wildman–Crippen MR) is 105 cm³/mol. The highest BCUT2D eigenvalue weighted by Crippen LogP contribution is 2.38. The van der Waals surface area contributed by atoms with E-state index in [4.69, 9.17) is 14.2 Å². The highest BCUT2D eigenvalue weighted by Gasteiger charge is 2.13. The second-order valence-corrected chi connectivity index (χ2v) is 5.97. The lowest BCUT2D eigenvalue weighted by molar-refractivity contribution is -0.117. The van der Waals surface area contributed by atoms with Crippen molar-refractivity contribution in [3.8, 4) is 23.0 Å². The van der Waals surface area contributed by atoms with Gasteiger partial charge in [-0.2, -0.15) is 8.78 Å². The molecule has 0 spiro atoms. The highest BCUT2D eigenvalue weighted by molar-refractivity contribution is 5.92. The first kappa shape index (κ1) is 22.0. The summed E-state index contributed by atoms with van der Waals surface area (Å²) in [6.45, 7) is -1.09. The van der Waals surface area contributed by atoms with Gasteiger partial charge < -0.3 is 24.3 Å². The van der Waals surface area contributed by atoms with Gasteiger partial charge in [0.05, 0.1) is 27.4 Å². The van der Waals surface area contributed by atoms with Crippen molar-refractivity contribution in [2.24, 2.45) is 0 Å². The van der Waals surface area contributed by atoms with Gasteiger partial charge in [-0.05, 0) is 48.4 Å². The van der Waals surface area contributed by atoms with Gasteiger partial charge in [-0.15, -0.1) is 0 Å². The Bertz CT molecular complexity index is 828. The van der Waals surface area contributed by atoms with E-state index in [1.807, 2.05) is 0 Å². The Labute approximate surface area is 168 Å². The zero-order valence-electron chi connectivity index (χ0n) is 16.6. The van der Waals surface area contributed by atoms with Gasteiger partial charge in [-0.3, -0.25) is 4.79 Å². The molecule has 0 unspecified atom stereocenters. The summed E-state index contributed by atoms with van der Waals surface area (Å²) < 4.78 is 44.6. The van der Waals surface area contributed by atoms with Crippen LogP contribution in [0.4, 0.5) is 8.78 Å². The number of rotatable bonds is 9. The molecule has 0 aliphatic carbocycles. The maximum atomic E-state index is 12.2. The van der Waals surface area contributed by atoms with Crippen LogP contribution in [0.2, 0.25) is 0 Å². The first-order valence-electron chi connectivity index (χ1n) is 8.71. The Morgan fingerprint density at radius 3 is 2.07 bits per heavy atom. The fraction of sp³-hybridized carbons (Fsp3) is 0.286. The molecule has 0 fully saturated rings. The average Bonchev–Trinajstić information content (AvgIpc) is 2.71. The van der Waals surface area contributed by atoms with E-state index >= 15 is 0 Å². The van der Waals surface area contributed by atoms with E-state index in [1.165, 1.54) is 39.5 Å². The molecule has 0 bridgehead atoms. The van der Waals surface area contributed by atoms with Gasteiger partial charge in [0.1, 0.15) is 5.75 Å². The lowest BCUT2D eigenvalue weighted by atomic mass is 10.1. The monoisotopic (exact) mass is 407 g/mol. The van der Waals surface area contributed by atoms with Gasteiger partial charge in [0, 0.05) is 6.08 Å². The van der Waals surface area contributed by atoms with Crippen molar-refractivity contribution < 1.29 is 32.5 Å². The third-order valence-electron chi connectivity index (χ3n) is 4.08. The number of nitrogens with one attached hydrogen (secondary N) is 1. The topological polar surface area (TPSA) is 66.0 Å². The van der Waals surface area contributed by atoms with Crippen LogP contribution in [0, 0.1) is 0 Å². The van der Waals surface area contributed by atoms with Crippen LogP contribution in [0.25, 0.3) is 6.08 Å². The van der Waals surface area contributed by atoms with Crippen LogP contribution in [-0.4, -0.2) is 33.8 Å². The lowest BCUT2D eigenvalue weighted by Crippen LogP contribution is -2.24. The summed E-state index contributed by atoms with van der Waals surface area (Å²) in [5, 5.41) is 2.80. The molecule has 0 aliphatic rings. The number of halogens is 2. The standard InChI is InChI=1S/C21H23F2NO5/c1-13(15-6-8-16(9-7-15)29-21(22)23)24-19(25)10-5-14-11-17(26-2)20(28-4)18(12-14)27-3/h5-13,21H,1-4H3,(H,24,25)/b10-5+/t13-/m1/s1. The van der Waals surface area contributed by atoms with Gasteiger partial charge in [0.15, 0.2) is 11.5 Å². The third-order valence-corrected chi connectivity index (χ3v) is 4.08. The second-order valence-electron chi connectivity index (χ2n) is 5.97. The molecule has 8 heteroatoms. The number of alkyl halides is 2. The number of methoxy groups -OCH3 is 3. The van der Waals surface area contributed by atoms with Crippen LogP contribution in [0.3, 0.4) is 0 Å². The number of carbonyl (C=O) groups is 1. The average molecular weight is 407 g/mol. The van der Waals surface area contributed by atoms with Gasteiger partial charge in [-0.25, -0.2) is 0 Å². The van der Waals surface area contributed by atoms with E-state index < -0.39 is 6.61 Å². The van der Waals surface area contributed by atoms with Crippen molar-refractivity contribution in [1.29, 1.82) is 0 Å². The summed E-state index contributed by atoms with van der Waals surface area (Å²) in [6.07, 6.45) is 3.00. The van der Waals surface area contributed by atoms with E-state index in [9.17, 15) is 13.6 Å². The van der Waals surface area contributed by atoms with Crippen molar-refractivity contribution in [2.45, 2.75) is 19.6 Å². The summed E-state index contributed by atoms with van der Waals surface area (Å²) in [5.74, 6) is 1.16. The molecule has 0 aliphatic heterocycles. The maximum absolute atomic E-state index is 12.2. The molecule has 156 valence electrons. The number of ether oxygens (including phenoxy) is 4. The summed E-state index contributed by atoms with van der Waals surface area (Å²) in [5.41, 5.74) is 1.44. The molecule has 2 rings (SSSR count). The molecule has 1 atom stereocenters. The summed E-state index contributed by atoms with van der Waals surface area (Å²) in [6, 6.07) is 9.20. The van der Waals surface area contributed by atoms with Crippen LogP contribution < -0.4 is 24.3 Å². The minimum absolute atomic E-state index is 0.0598. The van der Waals surface area contributed by atoms with E-state index in [0.29, 0.717) is 22.8 Å². The fourth-order valence-corrected chi connectivity index (χ4v) is 2.65. The zero-order chi connectivity index (χ0) is 21.4. The molecule has 1 N–H and O–H groups in total. The normalized spacial score (nSPS) is 12.0. The lowest BCUT2D eigenvalue weighted by Gasteiger charge is -2.14. The molecule has 0 heterocycles. The summed E-state index contributed by atoms with van der Waals surface area (Å²) in [4.78, 5) is 12.2. The molecule has 6 nitrogen and oxygen atoms in total. The maximum Gasteiger partial charge on any atom is 0.387 e. The van der Waals surface area contributed by atoms with Gasteiger partial charge in [0.25, 0.3) is 0 Å². The molecular formula is C21H23F2NO5. The molecule has 0 aromatic heterocycles. The first-order chi connectivity index (χ1) is 13.9. The van der Waals surface area contributed by atoms with Crippen LogP contribution in [-0.2, 0) is 4.79 Å². The molecule has 2 aromatic rings. The number of amides is 1. The highest BCUT2D eigenvalue weighted by atomic mass is 19.3. The van der Waals surface area contributed by atoms with Crippen LogP contribution >= 0.6 is 0 Å². The SMILES string of the molecule is COc1cc(/C=C/C(=O)N[C@H](C)c2ccc(OC(F)F)cc2)cc(OC)c1OC. The summed E-state index contributed by atoms with van der Waals surface area (Å²) in [7, 11) is 4.53. The quantitative estimate of drug-likeness (QED) is 0.631. The Morgan fingerprint density at radius 1 is 1.00 bits per heavy atom. The van der Waals surface area contributed by atoms with E-state index in [0.717, 1.165) is 5.56 Å². The van der Waals surface area contributed by atoms with Gasteiger partial charge in [-0.1, -0.05) is 12.1 Å². The minimum atomic E-state index is -2.88. The number of hydrogen-bond donors (Lipinski definition) is 1. The Hall–Kier alpha value is -3.29. The van der Waals surface area contributed by atoms with Crippen molar-refractivity contribution in [3.05, 3.63) is 53.6 Å². The second kappa shape index (κ2) is 10.3. The summed E-state index contributed by atoms with van der Waals surface area (Å²) >= 11 is 0. The predicted octanol–water partition coefficient (Wildman–Crippen LogP) is 4.20.